The molecule has 0 saturated carbocycles. The first-order chi connectivity index (χ1) is 30.1. The summed E-state index contributed by atoms with van der Waals surface area (Å²) in [4.78, 5) is 20.4. The van der Waals surface area contributed by atoms with Crippen molar-refractivity contribution >= 4 is 33.5 Å². The molecule has 0 unspecified atom stereocenters. The van der Waals surface area contributed by atoms with Crippen molar-refractivity contribution in [2.45, 2.75) is 78.2 Å². The minimum Gasteiger partial charge on any atom is -0.382 e. The highest BCUT2D eigenvalue weighted by atomic mass is 16.6. The Morgan fingerprint density at radius 3 is 1.39 bits per heavy atom. The molecule has 2 aromatic heterocycles. The molecule has 348 valence electrons. The summed E-state index contributed by atoms with van der Waals surface area (Å²) >= 11 is 0. The number of hydrogen-bond donors (Lipinski definition) is 1. The first kappa shape index (κ1) is 52.5. The standard InChI is InChI=1S/C45H76N4O12/c1-3-4-14-42-48-43-44(40-12-8-9-13-41(40)47-45(43)46)49(42)16-10-6-5-7-11-17-51-19-21-53-23-25-55-27-29-57-31-33-59-35-37-61-38-36-60-34-32-58-30-28-56-26-24-54-22-20-52-18-15-39(2)50/h8-9,12-13H,3-7,10-11,14-38H2,1-2H3,(H2,46,47). The van der Waals surface area contributed by atoms with E-state index in [-0.39, 0.29) is 5.78 Å². The van der Waals surface area contributed by atoms with Gasteiger partial charge in [-0.05, 0) is 32.3 Å². The van der Waals surface area contributed by atoms with Crippen molar-refractivity contribution in [2.75, 3.05) is 151 Å². The van der Waals surface area contributed by atoms with Crippen LogP contribution < -0.4 is 5.73 Å². The van der Waals surface area contributed by atoms with Crippen molar-refractivity contribution in [1.29, 1.82) is 0 Å². The lowest BCUT2D eigenvalue weighted by atomic mass is 10.1. The van der Waals surface area contributed by atoms with E-state index in [0.29, 0.717) is 151 Å². The molecule has 0 atom stereocenters. The molecule has 16 heteroatoms. The van der Waals surface area contributed by atoms with E-state index in [9.17, 15) is 4.79 Å². The van der Waals surface area contributed by atoms with Crippen molar-refractivity contribution in [3.63, 3.8) is 0 Å². The molecule has 0 radical (unpaired) electrons. The predicted molar refractivity (Wildman–Crippen MR) is 235 cm³/mol. The Balaban J connectivity index is 0.978. The average molecular weight is 865 g/mol. The number of unbranched alkanes of at least 4 members (excludes halogenated alkanes) is 5. The topological polar surface area (TPSA) is 175 Å². The number of aryl methyl sites for hydroxylation is 2. The summed E-state index contributed by atoms with van der Waals surface area (Å²) in [5, 5.41) is 1.12. The summed E-state index contributed by atoms with van der Waals surface area (Å²) in [6, 6.07) is 8.22. The van der Waals surface area contributed by atoms with Crippen LogP contribution in [0.15, 0.2) is 24.3 Å². The van der Waals surface area contributed by atoms with Gasteiger partial charge in [-0.15, -0.1) is 0 Å². The Morgan fingerprint density at radius 2 is 0.934 bits per heavy atom. The van der Waals surface area contributed by atoms with Gasteiger partial charge in [-0.2, -0.15) is 0 Å². The Morgan fingerprint density at radius 1 is 0.525 bits per heavy atom. The van der Waals surface area contributed by atoms with Gasteiger partial charge in [0.2, 0.25) is 0 Å². The van der Waals surface area contributed by atoms with Crippen LogP contribution in [0, 0.1) is 0 Å². The number of ketones is 1. The highest BCUT2D eigenvalue weighted by Gasteiger charge is 2.17. The van der Waals surface area contributed by atoms with Crippen LogP contribution in [0.1, 0.15) is 71.0 Å². The zero-order valence-electron chi connectivity index (χ0n) is 37.3. The molecule has 0 amide bonds. The van der Waals surface area contributed by atoms with Gasteiger partial charge in [-0.3, -0.25) is 4.79 Å². The number of fused-ring (bicyclic) bond motifs is 3. The van der Waals surface area contributed by atoms with Gasteiger partial charge in [-0.1, -0.05) is 50.8 Å². The number of anilines is 1. The van der Waals surface area contributed by atoms with E-state index in [1.807, 2.05) is 12.1 Å². The summed E-state index contributed by atoms with van der Waals surface area (Å²) in [5.74, 6) is 1.76. The zero-order chi connectivity index (χ0) is 43.3. The molecule has 3 aromatic rings. The monoisotopic (exact) mass is 865 g/mol. The molecular formula is C45H76N4O12. The highest BCUT2D eigenvalue weighted by molar-refractivity contribution is 6.06. The van der Waals surface area contributed by atoms with E-state index < -0.39 is 0 Å². The molecule has 0 fully saturated rings. The van der Waals surface area contributed by atoms with E-state index in [4.69, 9.17) is 62.8 Å². The lowest BCUT2D eigenvalue weighted by molar-refractivity contribution is -0.118. The molecule has 0 saturated heterocycles. The summed E-state index contributed by atoms with van der Waals surface area (Å²) in [7, 11) is 0. The van der Waals surface area contributed by atoms with Gasteiger partial charge in [-0.25, -0.2) is 9.97 Å². The van der Waals surface area contributed by atoms with E-state index in [0.717, 1.165) is 79.4 Å². The first-order valence-corrected chi connectivity index (χ1v) is 22.5. The molecule has 2 N–H and O–H groups in total. The number of carbonyl (C=O) groups excluding carboxylic acids is 1. The number of rotatable bonds is 44. The van der Waals surface area contributed by atoms with Crippen molar-refractivity contribution in [2.24, 2.45) is 0 Å². The van der Waals surface area contributed by atoms with Crippen LogP contribution in [-0.4, -0.2) is 166 Å². The molecule has 0 aliphatic rings. The minimum atomic E-state index is 0.126. The fourth-order valence-electron chi connectivity index (χ4n) is 6.19. The summed E-state index contributed by atoms with van der Waals surface area (Å²) in [6.07, 6.45) is 9.30. The second-order valence-corrected chi connectivity index (χ2v) is 14.5. The fraction of sp³-hybridized carbons (Fsp3) is 0.756. The third-order valence-corrected chi connectivity index (χ3v) is 9.43. The number of imidazole rings is 1. The van der Waals surface area contributed by atoms with Crippen LogP contribution in [0.4, 0.5) is 5.82 Å². The van der Waals surface area contributed by atoms with Gasteiger partial charge in [0.1, 0.15) is 17.1 Å². The Labute approximate surface area is 363 Å². The van der Waals surface area contributed by atoms with Gasteiger partial charge in [0.05, 0.1) is 150 Å². The number of nitrogen functional groups attached to an aromatic ring is 1. The second kappa shape index (κ2) is 36.6. The van der Waals surface area contributed by atoms with E-state index in [2.05, 4.69) is 28.6 Å². The van der Waals surface area contributed by atoms with Crippen LogP contribution >= 0.6 is 0 Å². The number of aromatic nitrogens is 3. The van der Waals surface area contributed by atoms with Crippen molar-refractivity contribution in [3.05, 3.63) is 30.1 Å². The van der Waals surface area contributed by atoms with Gasteiger partial charge >= 0.3 is 0 Å². The molecular weight excluding hydrogens is 789 g/mol. The molecule has 16 nitrogen and oxygen atoms in total. The molecule has 1 aromatic carbocycles. The van der Waals surface area contributed by atoms with Gasteiger partial charge in [0.15, 0.2) is 5.82 Å². The van der Waals surface area contributed by atoms with Gasteiger partial charge in [0, 0.05) is 31.4 Å². The summed E-state index contributed by atoms with van der Waals surface area (Å²) in [6.45, 7) is 16.1. The second-order valence-electron chi connectivity index (χ2n) is 14.5. The number of nitrogens with zero attached hydrogens (tertiary/aromatic N) is 3. The van der Waals surface area contributed by atoms with E-state index in [1.165, 1.54) is 12.8 Å². The third kappa shape index (κ3) is 25.1. The van der Waals surface area contributed by atoms with Crippen LogP contribution in [0.3, 0.4) is 0 Å². The number of ether oxygens (including phenoxy) is 11. The lowest BCUT2D eigenvalue weighted by Crippen LogP contribution is -2.15. The number of benzene rings is 1. The Kier molecular flexibility index (Phi) is 31.5. The van der Waals surface area contributed by atoms with Crippen molar-refractivity contribution in [1.82, 2.24) is 14.5 Å². The smallest absolute Gasteiger partial charge is 0.152 e. The van der Waals surface area contributed by atoms with Crippen molar-refractivity contribution < 1.29 is 56.9 Å². The minimum absolute atomic E-state index is 0.126. The molecule has 3 rings (SSSR count). The molecule has 0 bridgehead atoms. The molecule has 2 heterocycles. The van der Waals surface area contributed by atoms with Crippen LogP contribution in [0.25, 0.3) is 21.9 Å². The van der Waals surface area contributed by atoms with E-state index >= 15 is 0 Å². The lowest BCUT2D eigenvalue weighted by Gasteiger charge is -2.11. The predicted octanol–water partition coefficient (Wildman–Crippen LogP) is 5.62. The highest BCUT2D eigenvalue weighted by Crippen LogP contribution is 2.29. The Bertz CT molecular complexity index is 1510. The van der Waals surface area contributed by atoms with E-state index in [1.54, 1.807) is 6.92 Å². The number of para-hydroxylation sites is 1. The zero-order valence-corrected chi connectivity index (χ0v) is 37.3. The molecule has 61 heavy (non-hydrogen) atoms. The number of carbonyl (C=O) groups is 1. The molecule has 0 aliphatic carbocycles. The van der Waals surface area contributed by atoms with Gasteiger partial charge < -0.3 is 62.4 Å². The molecule has 0 spiro atoms. The maximum absolute atomic E-state index is 10.8. The number of hydrogen-bond acceptors (Lipinski definition) is 15. The maximum atomic E-state index is 10.8. The van der Waals surface area contributed by atoms with Crippen LogP contribution in [0.2, 0.25) is 0 Å². The first-order valence-electron chi connectivity index (χ1n) is 22.5. The van der Waals surface area contributed by atoms with Gasteiger partial charge in [0.25, 0.3) is 0 Å². The molecule has 0 aliphatic heterocycles. The number of pyridine rings is 1. The Hall–Kier alpha value is -2.87. The van der Waals surface area contributed by atoms with Crippen molar-refractivity contribution in [3.8, 4) is 0 Å². The number of Topliss-reactive ketones (excluding diaryl/α,β-unsaturated/α-hetero) is 1. The normalized spacial score (nSPS) is 11.8. The third-order valence-electron chi connectivity index (χ3n) is 9.43. The summed E-state index contributed by atoms with van der Waals surface area (Å²) < 4.78 is 63.0. The summed E-state index contributed by atoms with van der Waals surface area (Å²) in [5.41, 5.74) is 9.23. The van der Waals surface area contributed by atoms with Crippen LogP contribution in [-0.2, 0) is 69.9 Å². The maximum Gasteiger partial charge on any atom is 0.152 e. The largest absolute Gasteiger partial charge is 0.382 e. The quantitative estimate of drug-likeness (QED) is 0.0693. The van der Waals surface area contributed by atoms with Crippen LogP contribution in [0.5, 0.6) is 0 Å². The average Bonchev–Trinajstić information content (AvgIpc) is 3.63. The fourth-order valence-corrected chi connectivity index (χ4v) is 6.19. The SMILES string of the molecule is CCCCc1nc2c(N)nc3ccccc3c2n1CCCCCCCOCCOCCOCCOCCOCCOCCOCCOCCOCCOCCOCCC(C)=O. The number of nitrogens with two attached hydrogens (primary N) is 1.